The van der Waals surface area contributed by atoms with Gasteiger partial charge in [-0.25, -0.2) is 9.78 Å². The summed E-state index contributed by atoms with van der Waals surface area (Å²) in [6, 6.07) is 0.263. The number of nitrogens with one attached hydrogen (secondary N) is 1. The monoisotopic (exact) mass is 331 g/mol. The minimum absolute atomic E-state index is 0.227. The van der Waals surface area contributed by atoms with Gasteiger partial charge in [0.15, 0.2) is 5.65 Å². The summed E-state index contributed by atoms with van der Waals surface area (Å²) < 4.78 is 7.49. The molecule has 2 aromatic rings. The predicted octanol–water partition coefficient (Wildman–Crippen LogP) is 2.22. The van der Waals surface area contributed by atoms with Crippen LogP contribution in [0.5, 0.6) is 0 Å². The van der Waals surface area contributed by atoms with Gasteiger partial charge < -0.3 is 15.0 Å². The quantitative estimate of drug-likeness (QED) is 0.934. The van der Waals surface area contributed by atoms with E-state index in [1.54, 1.807) is 17.3 Å². The largest absolute Gasteiger partial charge is 0.444 e. The Bertz CT molecular complexity index is 706. The molecule has 1 amide bonds. The van der Waals surface area contributed by atoms with Crippen LogP contribution in [0.3, 0.4) is 0 Å². The number of fused-ring (bicyclic) bond motifs is 1. The Morgan fingerprint density at radius 1 is 1.42 bits per heavy atom. The van der Waals surface area contributed by atoms with E-state index in [9.17, 15) is 4.79 Å². The summed E-state index contributed by atoms with van der Waals surface area (Å²) in [5.74, 6) is 0. The van der Waals surface area contributed by atoms with Gasteiger partial charge in [0.25, 0.3) is 0 Å². The number of nitrogens with zero attached hydrogens (tertiary/aromatic N) is 4. The number of piperidine rings is 1. The number of likely N-dealkylation sites (tertiary alicyclic amines) is 1. The van der Waals surface area contributed by atoms with Crippen LogP contribution in [-0.4, -0.2) is 50.1 Å². The van der Waals surface area contributed by atoms with Crippen molar-refractivity contribution in [2.24, 2.45) is 0 Å². The summed E-state index contributed by atoms with van der Waals surface area (Å²) in [5.41, 5.74) is 1.47. The lowest BCUT2D eigenvalue weighted by Gasteiger charge is -2.34. The molecule has 7 nitrogen and oxygen atoms in total. The van der Waals surface area contributed by atoms with Crippen LogP contribution in [-0.2, 0) is 11.3 Å². The number of carbonyl (C=O) groups excluding carboxylic acids is 1. The second-order valence-corrected chi connectivity index (χ2v) is 7.20. The first kappa shape index (κ1) is 16.7. The Hall–Kier alpha value is -2.15. The summed E-state index contributed by atoms with van der Waals surface area (Å²) >= 11 is 0. The molecule has 3 heterocycles. The van der Waals surface area contributed by atoms with Gasteiger partial charge in [0.2, 0.25) is 0 Å². The van der Waals surface area contributed by atoms with E-state index in [0.29, 0.717) is 13.1 Å². The van der Waals surface area contributed by atoms with Crippen molar-refractivity contribution in [3.63, 3.8) is 0 Å². The van der Waals surface area contributed by atoms with E-state index in [0.717, 1.165) is 30.7 Å². The molecule has 3 rings (SSSR count). The molecular weight excluding hydrogens is 306 g/mol. The summed E-state index contributed by atoms with van der Waals surface area (Å²) in [6.07, 6.45) is 9.07. The van der Waals surface area contributed by atoms with E-state index in [1.165, 1.54) is 0 Å². The highest BCUT2D eigenvalue weighted by atomic mass is 16.6. The zero-order valence-corrected chi connectivity index (χ0v) is 14.5. The molecule has 7 heteroatoms. The molecule has 1 aliphatic rings. The number of ether oxygens (including phenoxy) is 1. The molecule has 0 unspecified atom stereocenters. The van der Waals surface area contributed by atoms with Crippen molar-refractivity contribution in [1.82, 2.24) is 24.6 Å². The standard InChI is InChI=1S/C17H25N5O2/c1-17(2,3)24-16(23)21-7-4-5-13(12-21)19-9-14-10-20-15-11-18-6-8-22(14)15/h6,8,10-11,13,19H,4-5,7,9,12H2,1-3H3/t13-/m0/s1. The van der Waals surface area contributed by atoms with Crippen LogP contribution in [0.2, 0.25) is 0 Å². The Morgan fingerprint density at radius 2 is 2.25 bits per heavy atom. The van der Waals surface area contributed by atoms with Crippen molar-refractivity contribution in [1.29, 1.82) is 0 Å². The van der Waals surface area contributed by atoms with Crippen molar-refractivity contribution in [2.45, 2.75) is 51.8 Å². The van der Waals surface area contributed by atoms with Crippen molar-refractivity contribution in [3.05, 3.63) is 30.5 Å². The van der Waals surface area contributed by atoms with Gasteiger partial charge >= 0.3 is 6.09 Å². The van der Waals surface area contributed by atoms with Gasteiger partial charge in [-0.2, -0.15) is 0 Å². The van der Waals surface area contributed by atoms with E-state index < -0.39 is 5.60 Å². The maximum Gasteiger partial charge on any atom is 0.410 e. The second-order valence-electron chi connectivity index (χ2n) is 7.20. The fourth-order valence-corrected chi connectivity index (χ4v) is 2.91. The third kappa shape index (κ3) is 4.03. The molecule has 0 bridgehead atoms. The molecule has 1 atom stereocenters. The van der Waals surface area contributed by atoms with Crippen LogP contribution in [0.25, 0.3) is 5.65 Å². The number of hydrogen-bond donors (Lipinski definition) is 1. The first-order valence-electron chi connectivity index (χ1n) is 8.40. The highest BCUT2D eigenvalue weighted by Crippen LogP contribution is 2.16. The summed E-state index contributed by atoms with van der Waals surface area (Å²) in [7, 11) is 0. The Labute approximate surface area is 142 Å². The molecule has 1 N–H and O–H groups in total. The average molecular weight is 331 g/mol. The third-order valence-electron chi connectivity index (χ3n) is 4.04. The molecule has 0 aliphatic carbocycles. The SMILES string of the molecule is CC(C)(C)OC(=O)N1CCC[C@H](NCc2cnc3cnccn23)C1. The number of carbonyl (C=O) groups is 1. The normalized spacial score (nSPS) is 18.8. The van der Waals surface area contributed by atoms with E-state index in [1.807, 2.05) is 37.6 Å². The Kier molecular flexibility index (Phi) is 4.71. The van der Waals surface area contributed by atoms with Gasteiger partial charge in [0, 0.05) is 38.1 Å². The fourth-order valence-electron chi connectivity index (χ4n) is 2.91. The molecule has 130 valence electrons. The van der Waals surface area contributed by atoms with Crippen molar-refractivity contribution in [3.8, 4) is 0 Å². The third-order valence-corrected chi connectivity index (χ3v) is 4.04. The summed E-state index contributed by atoms with van der Waals surface area (Å²) in [5, 5.41) is 3.53. The van der Waals surface area contributed by atoms with Crippen LogP contribution in [0, 0.1) is 0 Å². The molecule has 1 fully saturated rings. The van der Waals surface area contributed by atoms with E-state index >= 15 is 0 Å². The van der Waals surface area contributed by atoms with Gasteiger partial charge in [0.05, 0.1) is 18.1 Å². The van der Waals surface area contributed by atoms with Crippen LogP contribution in [0.15, 0.2) is 24.8 Å². The summed E-state index contributed by atoms with van der Waals surface area (Å²) in [4.78, 5) is 22.4. The highest BCUT2D eigenvalue weighted by Gasteiger charge is 2.27. The first-order chi connectivity index (χ1) is 11.4. The molecule has 0 aromatic carbocycles. The van der Waals surface area contributed by atoms with Crippen molar-refractivity contribution < 1.29 is 9.53 Å². The lowest BCUT2D eigenvalue weighted by molar-refractivity contribution is 0.0187. The first-order valence-corrected chi connectivity index (χ1v) is 8.40. The molecule has 0 radical (unpaired) electrons. The van der Waals surface area contributed by atoms with E-state index in [2.05, 4.69) is 15.3 Å². The highest BCUT2D eigenvalue weighted by molar-refractivity contribution is 5.68. The predicted molar refractivity (Wildman–Crippen MR) is 90.7 cm³/mol. The van der Waals surface area contributed by atoms with Crippen LogP contribution in [0.1, 0.15) is 39.3 Å². The molecule has 2 aromatic heterocycles. The average Bonchev–Trinajstić information content (AvgIpc) is 2.95. The maximum absolute atomic E-state index is 12.2. The molecule has 1 saturated heterocycles. The molecule has 0 saturated carbocycles. The van der Waals surface area contributed by atoms with E-state index in [-0.39, 0.29) is 12.1 Å². The molecule has 24 heavy (non-hydrogen) atoms. The molecule has 0 spiro atoms. The van der Waals surface area contributed by atoms with E-state index in [4.69, 9.17) is 4.74 Å². The number of rotatable bonds is 3. The van der Waals surface area contributed by atoms with Gasteiger partial charge in [-0.3, -0.25) is 9.38 Å². The number of amides is 1. The minimum Gasteiger partial charge on any atom is -0.444 e. The lowest BCUT2D eigenvalue weighted by atomic mass is 10.1. The van der Waals surface area contributed by atoms with Gasteiger partial charge in [-0.1, -0.05) is 0 Å². The molecular formula is C17H25N5O2. The minimum atomic E-state index is -0.456. The fraction of sp³-hybridized carbons (Fsp3) is 0.588. The lowest BCUT2D eigenvalue weighted by Crippen LogP contribution is -2.49. The van der Waals surface area contributed by atoms with Crippen molar-refractivity contribution >= 4 is 11.7 Å². The number of imidazole rings is 1. The Morgan fingerprint density at radius 3 is 3.04 bits per heavy atom. The summed E-state index contributed by atoms with van der Waals surface area (Å²) in [6.45, 7) is 7.82. The second kappa shape index (κ2) is 6.76. The molecule has 1 aliphatic heterocycles. The smallest absolute Gasteiger partial charge is 0.410 e. The van der Waals surface area contributed by atoms with Gasteiger partial charge in [-0.05, 0) is 33.6 Å². The van der Waals surface area contributed by atoms with Crippen LogP contribution >= 0.6 is 0 Å². The number of hydrogen-bond acceptors (Lipinski definition) is 5. The van der Waals surface area contributed by atoms with Crippen LogP contribution < -0.4 is 5.32 Å². The van der Waals surface area contributed by atoms with Crippen LogP contribution in [0.4, 0.5) is 4.79 Å². The van der Waals surface area contributed by atoms with Gasteiger partial charge in [0.1, 0.15) is 5.60 Å². The Balaban J connectivity index is 1.57. The van der Waals surface area contributed by atoms with Crippen molar-refractivity contribution in [2.75, 3.05) is 13.1 Å². The zero-order valence-electron chi connectivity index (χ0n) is 14.5. The maximum atomic E-state index is 12.2. The van der Waals surface area contributed by atoms with Gasteiger partial charge in [-0.15, -0.1) is 0 Å². The zero-order chi connectivity index (χ0) is 17.2. The topological polar surface area (TPSA) is 71.8 Å². The number of aromatic nitrogens is 3.